The summed E-state index contributed by atoms with van der Waals surface area (Å²) in [4.78, 5) is 38.3. The van der Waals surface area contributed by atoms with Gasteiger partial charge in [-0.3, -0.25) is 19.6 Å². The second-order valence-electron chi connectivity index (χ2n) is 7.67. The molecule has 0 fully saturated rings. The normalized spacial score (nSPS) is 15.6. The van der Waals surface area contributed by atoms with Crippen molar-refractivity contribution >= 4 is 21.7 Å². The molecule has 2 N–H and O–H groups in total. The Morgan fingerprint density at radius 1 is 1.20 bits per heavy atom. The molecule has 1 aliphatic heterocycles. The van der Waals surface area contributed by atoms with Crippen LogP contribution in [0, 0.1) is 0 Å². The molecule has 160 valence electrons. The van der Waals surface area contributed by atoms with E-state index in [1.807, 2.05) is 12.1 Å². The first-order valence-corrected chi connectivity index (χ1v) is 11.1. The molecule has 2 amide bonds. The number of sulfone groups is 1. The lowest BCUT2D eigenvalue weighted by Gasteiger charge is -2.25. The highest BCUT2D eigenvalue weighted by Gasteiger charge is 2.43. The summed E-state index contributed by atoms with van der Waals surface area (Å²) in [5.41, 5.74) is 3.90. The van der Waals surface area contributed by atoms with E-state index in [1.165, 1.54) is 29.2 Å². The number of hydroxylamine groups is 1. The number of nitrogens with one attached hydrogen (secondary N) is 1. The summed E-state index contributed by atoms with van der Waals surface area (Å²) in [6.45, 7) is 1.71. The molecule has 0 bridgehead atoms. The fourth-order valence-corrected chi connectivity index (χ4v) is 4.26. The average molecular weight is 433 g/mol. The molecule has 0 radical (unpaired) electrons. The third kappa shape index (κ3) is 3.75. The minimum absolute atomic E-state index is 0.0381. The number of nitrogens with zero attached hydrogens (tertiary/aromatic N) is 2. The number of pyridine rings is 1. The van der Waals surface area contributed by atoms with E-state index in [9.17, 15) is 22.8 Å². The van der Waals surface area contributed by atoms with Gasteiger partial charge in [-0.1, -0.05) is 12.1 Å². The van der Waals surface area contributed by atoms with E-state index < -0.39 is 20.5 Å². The van der Waals surface area contributed by atoms with E-state index in [0.717, 1.165) is 17.4 Å². The summed E-state index contributed by atoms with van der Waals surface area (Å²) in [6.07, 6.45) is 2.22. The molecule has 0 saturated carbocycles. The highest BCUT2D eigenvalue weighted by atomic mass is 32.2. The minimum Gasteiger partial charge on any atom is -0.337 e. The first-order chi connectivity index (χ1) is 14.0. The summed E-state index contributed by atoms with van der Waals surface area (Å²) >= 11 is 0. The summed E-state index contributed by atoms with van der Waals surface area (Å²) < 4.78 is 23.5. The molecule has 1 unspecified atom stereocenters. The first-order valence-electron chi connectivity index (χ1n) is 9.21. The van der Waals surface area contributed by atoms with Crippen LogP contribution in [0.5, 0.6) is 0 Å². The Morgan fingerprint density at radius 3 is 2.47 bits per heavy atom. The van der Waals surface area contributed by atoms with Crippen LogP contribution in [0.3, 0.4) is 0 Å². The van der Waals surface area contributed by atoms with Crippen LogP contribution in [0.15, 0.2) is 41.3 Å². The van der Waals surface area contributed by atoms with E-state index >= 15 is 0 Å². The number of carbonyl (C=O) groups is 2. The highest BCUT2D eigenvalue weighted by Crippen LogP contribution is 2.27. The topological polar surface area (TPSA) is 126 Å². The second kappa shape index (κ2) is 7.69. The van der Waals surface area contributed by atoms with Gasteiger partial charge < -0.3 is 9.47 Å². The van der Waals surface area contributed by atoms with Crippen LogP contribution in [-0.4, -0.2) is 53.0 Å². The molecular formula is C20H23N3O6S. The SMILES string of the molecule is CN1Cc2ccc(-c3ccn(CCC(C)(C(=O)NO)S(C)(=O)=O)c(=O)c3)cc2C1=O. The van der Waals surface area contributed by atoms with Gasteiger partial charge in [0, 0.05) is 44.2 Å². The standard InChI is InChI=1S/C20H23N3O6S/c1-20(19(26)21-27,30(3,28)29)7-9-23-8-6-14(11-17(23)24)13-4-5-15-12-22(2)18(25)16(15)10-13/h4-6,8,10-11,27H,7,9,12H2,1-3H3,(H,21,26). The number of hydrogen-bond acceptors (Lipinski definition) is 6. The van der Waals surface area contributed by atoms with Gasteiger partial charge in [-0.15, -0.1) is 0 Å². The summed E-state index contributed by atoms with van der Waals surface area (Å²) in [5, 5.41) is 8.89. The number of fused-ring (bicyclic) bond motifs is 1. The van der Waals surface area contributed by atoms with Crippen molar-refractivity contribution in [3.8, 4) is 11.1 Å². The fourth-order valence-electron chi connectivity index (χ4n) is 3.42. The van der Waals surface area contributed by atoms with E-state index in [2.05, 4.69) is 0 Å². The van der Waals surface area contributed by atoms with Crippen LogP contribution < -0.4 is 11.0 Å². The van der Waals surface area contributed by atoms with Crippen LogP contribution in [0.25, 0.3) is 11.1 Å². The van der Waals surface area contributed by atoms with E-state index in [0.29, 0.717) is 17.7 Å². The van der Waals surface area contributed by atoms with Crippen molar-refractivity contribution in [3.63, 3.8) is 0 Å². The Balaban J connectivity index is 1.86. The lowest BCUT2D eigenvalue weighted by Crippen LogP contribution is -2.49. The Labute approximate surface area is 173 Å². The molecule has 2 aromatic rings. The lowest BCUT2D eigenvalue weighted by atomic mass is 10.0. The van der Waals surface area contributed by atoms with Gasteiger partial charge in [0.2, 0.25) is 0 Å². The van der Waals surface area contributed by atoms with Crippen molar-refractivity contribution in [2.75, 3.05) is 13.3 Å². The molecule has 30 heavy (non-hydrogen) atoms. The van der Waals surface area contributed by atoms with Gasteiger partial charge in [0.05, 0.1) is 0 Å². The maximum Gasteiger partial charge on any atom is 0.264 e. The Morgan fingerprint density at radius 2 is 1.87 bits per heavy atom. The molecule has 10 heteroatoms. The molecular weight excluding hydrogens is 410 g/mol. The van der Waals surface area contributed by atoms with Gasteiger partial charge >= 0.3 is 0 Å². The lowest BCUT2D eigenvalue weighted by molar-refractivity contribution is -0.131. The van der Waals surface area contributed by atoms with Crippen LogP contribution >= 0.6 is 0 Å². The van der Waals surface area contributed by atoms with Crippen molar-refractivity contribution < 1.29 is 23.2 Å². The third-order valence-corrected chi connectivity index (χ3v) is 7.68. The summed E-state index contributed by atoms with van der Waals surface area (Å²) in [7, 11) is -2.12. The zero-order valence-electron chi connectivity index (χ0n) is 16.9. The van der Waals surface area contributed by atoms with Gasteiger partial charge in [0.15, 0.2) is 14.6 Å². The molecule has 1 aliphatic rings. The number of aromatic nitrogens is 1. The van der Waals surface area contributed by atoms with Crippen molar-refractivity contribution in [3.05, 3.63) is 58.0 Å². The second-order valence-corrected chi connectivity index (χ2v) is 10.1. The fraction of sp³-hybridized carbons (Fsp3) is 0.350. The largest absolute Gasteiger partial charge is 0.337 e. The van der Waals surface area contributed by atoms with Crippen molar-refractivity contribution in [2.24, 2.45) is 0 Å². The van der Waals surface area contributed by atoms with Crippen LogP contribution in [-0.2, 0) is 27.7 Å². The molecule has 0 aliphatic carbocycles. The van der Waals surface area contributed by atoms with Gasteiger partial charge in [-0.05, 0) is 42.2 Å². The van der Waals surface area contributed by atoms with Crippen LogP contribution in [0.2, 0.25) is 0 Å². The average Bonchev–Trinajstić information content (AvgIpc) is 2.98. The van der Waals surface area contributed by atoms with Crippen LogP contribution in [0.4, 0.5) is 0 Å². The van der Waals surface area contributed by atoms with Gasteiger partial charge in [0.25, 0.3) is 17.4 Å². The highest BCUT2D eigenvalue weighted by molar-refractivity contribution is 7.92. The molecule has 1 aromatic heterocycles. The van der Waals surface area contributed by atoms with Gasteiger partial charge in [-0.25, -0.2) is 13.9 Å². The molecule has 3 rings (SSSR count). The van der Waals surface area contributed by atoms with Gasteiger partial charge in [-0.2, -0.15) is 0 Å². The van der Waals surface area contributed by atoms with Crippen molar-refractivity contribution in [2.45, 2.75) is 31.2 Å². The van der Waals surface area contributed by atoms with E-state index in [-0.39, 0.29) is 24.4 Å². The van der Waals surface area contributed by atoms with E-state index in [1.54, 1.807) is 24.1 Å². The Kier molecular flexibility index (Phi) is 5.57. The van der Waals surface area contributed by atoms with Gasteiger partial charge in [0.1, 0.15) is 0 Å². The van der Waals surface area contributed by atoms with Crippen molar-refractivity contribution in [1.82, 2.24) is 14.9 Å². The number of hydrogen-bond donors (Lipinski definition) is 2. The molecule has 9 nitrogen and oxygen atoms in total. The summed E-state index contributed by atoms with van der Waals surface area (Å²) in [5.74, 6) is -1.12. The summed E-state index contributed by atoms with van der Waals surface area (Å²) in [6, 6.07) is 8.55. The zero-order chi connectivity index (χ0) is 22.3. The number of amides is 2. The smallest absolute Gasteiger partial charge is 0.264 e. The first kappa shape index (κ1) is 21.7. The molecule has 1 aromatic carbocycles. The Bertz CT molecular complexity index is 1190. The van der Waals surface area contributed by atoms with Crippen molar-refractivity contribution in [1.29, 1.82) is 0 Å². The zero-order valence-corrected chi connectivity index (χ0v) is 17.7. The van der Waals surface area contributed by atoms with Crippen LogP contribution in [0.1, 0.15) is 29.3 Å². The third-order valence-electron chi connectivity index (χ3n) is 5.65. The number of aryl methyl sites for hydroxylation is 1. The molecule has 2 heterocycles. The predicted octanol–water partition coefficient (Wildman–Crippen LogP) is 0.800. The monoisotopic (exact) mass is 433 g/mol. The molecule has 0 saturated heterocycles. The number of carbonyl (C=O) groups excluding carboxylic acids is 2. The Hall–Kier alpha value is -2.98. The molecule has 1 atom stereocenters. The maximum absolute atomic E-state index is 12.6. The minimum atomic E-state index is -3.85. The molecule has 0 spiro atoms. The predicted molar refractivity (Wildman–Crippen MR) is 110 cm³/mol. The maximum atomic E-state index is 12.6. The van der Waals surface area contributed by atoms with E-state index in [4.69, 9.17) is 5.21 Å². The number of rotatable bonds is 6. The number of benzene rings is 1. The quantitative estimate of drug-likeness (QED) is 0.513.